The van der Waals surface area contributed by atoms with E-state index in [-0.39, 0.29) is 17.9 Å². The summed E-state index contributed by atoms with van der Waals surface area (Å²) < 4.78 is 5.44. The number of hydrogen-bond donors (Lipinski definition) is 1. The number of hydrogen-bond acceptors (Lipinski definition) is 7. The molecule has 2 unspecified atom stereocenters. The molecule has 1 aliphatic rings. The van der Waals surface area contributed by atoms with Gasteiger partial charge >= 0.3 is 0 Å². The Labute approximate surface area is 147 Å². The smallest absolute Gasteiger partial charge is 0.275 e. The normalized spacial score (nSPS) is 17.4. The molecule has 2 N–H and O–H groups in total. The summed E-state index contributed by atoms with van der Waals surface area (Å²) in [5.41, 5.74) is 6.44. The van der Waals surface area contributed by atoms with Crippen LogP contribution in [0.4, 0.5) is 5.95 Å². The van der Waals surface area contributed by atoms with Gasteiger partial charge in [0.15, 0.2) is 5.69 Å². The monoisotopic (exact) mass is 344 g/mol. The van der Waals surface area contributed by atoms with Gasteiger partial charge in [-0.3, -0.25) is 4.79 Å². The van der Waals surface area contributed by atoms with E-state index in [0.717, 1.165) is 6.42 Å². The van der Waals surface area contributed by atoms with Crippen molar-refractivity contribution in [2.75, 3.05) is 31.1 Å². The molecular weight excluding hydrogens is 320 g/mol. The summed E-state index contributed by atoms with van der Waals surface area (Å²) in [6, 6.07) is 1.49. The van der Waals surface area contributed by atoms with Crippen LogP contribution in [0.5, 0.6) is 0 Å². The number of amides is 1. The van der Waals surface area contributed by atoms with Crippen molar-refractivity contribution in [3.8, 4) is 0 Å². The summed E-state index contributed by atoms with van der Waals surface area (Å²) in [6.07, 6.45) is 5.78. The molecule has 1 amide bonds. The molecule has 2 aromatic rings. The first kappa shape index (κ1) is 17.3. The summed E-state index contributed by atoms with van der Waals surface area (Å²) in [7, 11) is 0. The van der Waals surface area contributed by atoms with Gasteiger partial charge in [-0.05, 0) is 12.0 Å². The second-order valence-corrected chi connectivity index (χ2v) is 6.31. The lowest BCUT2D eigenvalue weighted by atomic mass is 10.0. The van der Waals surface area contributed by atoms with E-state index in [0.29, 0.717) is 43.7 Å². The Kier molecular flexibility index (Phi) is 5.28. The molecule has 8 heteroatoms. The van der Waals surface area contributed by atoms with E-state index in [1.165, 1.54) is 6.26 Å². The molecule has 0 spiro atoms. The Bertz CT molecular complexity index is 696. The molecule has 8 nitrogen and oxygen atoms in total. The van der Waals surface area contributed by atoms with Crippen molar-refractivity contribution in [3.05, 3.63) is 36.3 Å². The molecule has 1 fully saturated rings. The molecular formula is C17H24N6O2. The summed E-state index contributed by atoms with van der Waals surface area (Å²) >= 11 is 0. The highest BCUT2D eigenvalue weighted by atomic mass is 16.3. The molecule has 2 atom stereocenters. The number of oxazole rings is 1. The summed E-state index contributed by atoms with van der Waals surface area (Å²) in [6.45, 7) is 6.67. The molecule has 3 rings (SSSR count). The van der Waals surface area contributed by atoms with Crippen LogP contribution in [0.15, 0.2) is 29.1 Å². The van der Waals surface area contributed by atoms with Gasteiger partial charge in [-0.25, -0.2) is 15.0 Å². The largest absolute Gasteiger partial charge is 0.446 e. The number of carbonyl (C=O) groups is 1. The van der Waals surface area contributed by atoms with Crippen LogP contribution in [0.3, 0.4) is 0 Å². The topological polar surface area (TPSA) is 101 Å². The minimum Gasteiger partial charge on any atom is -0.446 e. The first-order valence-corrected chi connectivity index (χ1v) is 8.62. The zero-order valence-corrected chi connectivity index (χ0v) is 14.6. The fourth-order valence-electron chi connectivity index (χ4n) is 2.76. The highest BCUT2D eigenvalue weighted by Crippen LogP contribution is 2.22. The zero-order valence-electron chi connectivity index (χ0n) is 14.6. The van der Waals surface area contributed by atoms with Gasteiger partial charge in [0, 0.05) is 38.6 Å². The van der Waals surface area contributed by atoms with Crippen molar-refractivity contribution < 1.29 is 9.21 Å². The van der Waals surface area contributed by atoms with Crippen LogP contribution < -0.4 is 10.6 Å². The number of carbonyl (C=O) groups excluding carboxylic acids is 1. The Morgan fingerprint density at radius 2 is 1.96 bits per heavy atom. The molecule has 0 aromatic carbocycles. The molecule has 2 aromatic heterocycles. The number of piperazine rings is 1. The predicted octanol–water partition coefficient (Wildman–Crippen LogP) is 1.47. The molecule has 0 aliphatic carbocycles. The Balaban J connectivity index is 1.60. The van der Waals surface area contributed by atoms with Crippen molar-refractivity contribution in [1.29, 1.82) is 0 Å². The third-order valence-corrected chi connectivity index (χ3v) is 4.69. The van der Waals surface area contributed by atoms with Crippen LogP contribution in [0.2, 0.25) is 0 Å². The van der Waals surface area contributed by atoms with Crippen LogP contribution in [-0.4, -0.2) is 51.9 Å². The summed E-state index contributed by atoms with van der Waals surface area (Å²) in [4.78, 5) is 29.3. The van der Waals surface area contributed by atoms with Crippen molar-refractivity contribution >= 4 is 11.9 Å². The van der Waals surface area contributed by atoms with Gasteiger partial charge in [0.25, 0.3) is 5.91 Å². The maximum absolute atomic E-state index is 12.6. The van der Waals surface area contributed by atoms with E-state index in [1.807, 2.05) is 6.92 Å². The van der Waals surface area contributed by atoms with Crippen molar-refractivity contribution in [3.63, 3.8) is 0 Å². The van der Waals surface area contributed by atoms with Crippen LogP contribution in [-0.2, 0) is 0 Å². The quantitative estimate of drug-likeness (QED) is 0.876. The SMILES string of the molecule is CCC(C)C(N)c1nc(C(=O)N2CCN(c3ncccn3)CC2)co1. The van der Waals surface area contributed by atoms with Gasteiger partial charge in [0.2, 0.25) is 11.8 Å². The number of rotatable bonds is 5. The molecule has 0 bridgehead atoms. The van der Waals surface area contributed by atoms with Gasteiger partial charge in [-0.15, -0.1) is 0 Å². The lowest BCUT2D eigenvalue weighted by molar-refractivity contribution is 0.0740. The lowest BCUT2D eigenvalue weighted by Crippen LogP contribution is -2.49. The molecule has 1 saturated heterocycles. The van der Waals surface area contributed by atoms with Gasteiger partial charge < -0.3 is 20.0 Å². The third-order valence-electron chi connectivity index (χ3n) is 4.69. The number of nitrogens with two attached hydrogens (primary N) is 1. The average Bonchev–Trinajstić information content (AvgIpc) is 3.17. The van der Waals surface area contributed by atoms with E-state index in [9.17, 15) is 4.79 Å². The van der Waals surface area contributed by atoms with Crippen molar-refractivity contribution in [2.45, 2.75) is 26.3 Å². The predicted molar refractivity (Wildman–Crippen MR) is 93.0 cm³/mol. The first-order valence-electron chi connectivity index (χ1n) is 8.62. The van der Waals surface area contributed by atoms with Crippen molar-refractivity contribution in [1.82, 2.24) is 19.9 Å². The van der Waals surface area contributed by atoms with Crippen LogP contribution in [0, 0.1) is 5.92 Å². The van der Waals surface area contributed by atoms with Gasteiger partial charge in [-0.1, -0.05) is 20.3 Å². The van der Waals surface area contributed by atoms with Gasteiger partial charge in [0.1, 0.15) is 6.26 Å². The summed E-state index contributed by atoms with van der Waals surface area (Å²) in [5.74, 6) is 1.24. The lowest BCUT2D eigenvalue weighted by Gasteiger charge is -2.34. The second kappa shape index (κ2) is 7.60. The number of nitrogens with zero attached hydrogens (tertiary/aromatic N) is 5. The maximum Gasteiger partial charge on any atom is 0.275 e. The maximum atomic E-state index is 12.6. The second-order valence-electron chi connectivity index (χ2n) is 6.31. The van der Waals surface area contributed by atoms with Crippen molar-refractivity contribution in [2.24, 2.45) is 11.7 Å². The molecule has 25 heavy (non-hydrogen) atoms. The average molecular weight is 344 g/mol. The molecule has 0 saturated carbocycles. The van der Waals surface area contributed by atoms with E-state index in [1.54, 1.807) is 23.4 Å². The zero-order chi connectivity index (χ0) is 17.8. The van der Waals surface area contributed by atoms with E-state index < -0.39 is 0 Å². The van der Waals surface area contributed by atoms with Crippen LogP contribution >= 0.6 is 0 Å². The molecule has 3 heterocycles. The van der Waals surface area contributed by atoms with Gasteiger partial charge in [-0.2, -0.15) is 0 Å². The molecule has 134 valence electrons. The standard InChI is InChI=1S/C17H24N6O2/c1-3-12(2)14(18)15-21-13(11-25-15)16(24)22-7-9-23(10-8-22)17-19-5-4-6-20-17/h4-6,11-12,14H,3,7-10,18H2,1-2H3. The highest BCUT2D eigenvalue weighted by molar-refractivity contribution is 5.92. The minimum absolute atomic E-state index is 0.125. The Morgan fingerprint density at radius 1 is 1.28 bits per heavy atom. The van der Waals surface area contributed by atoms with E-state index in [4.69, 9.17) is 10.2 Å². The van der Waals surface area contributed by atoms with E-state index in [2.05, 4.69) is 26.8 Å². The first-order chi connectivity index (χ1) is 12.1. The number of anilines is 1. The van der Waals surface area contributed by atoms with Crippen LogP contribution in [0.25, 0.3) is 0 Å². The molecule has 1 aliphatic heterocycles. The minimum atomic E-state index is -0.293. The molecule has 0 radical (unpaired) electrons. The number of aromatic nitrogens is 3. The van der Waals surface area contributed by atoms with E-state index >= 15 is 0 Å². The van der Waals surface area contributed by atoms with Gasteiger partial charge in [0.05, 0.1) is 6.04 Å². The Hall–Kier alpha value is -2.48. The summed E-state index contributed by atoms with van der Waals surface area (Å²) in [5, 5.41) is 0. The third kappa shape index (κ3) is 3.79. The fraction of sp³-hybridized carbons (Fsp3) is 0.529. The Morgan fingerprint density at radius 3 is 2.60 bits per heavy atom. The van der Waals surface area contributed by atoms with Crippen LogP contribution in [0.1, 0.15) is 42.7 Å². The highest BCUT2D eigenvalue weighted by Gasteiger charge is 2.27. The fourth-order valence-corrected chi connectivity index (χ4v) is 2.76.